The van der Waals surface area contributed by atoms with E-state index < -0.39 is 0 Å². The Morgan fingerprint density at radius 3 is 1.94 bits per heavy atom. The fraction of sp³-hybridized carbons (Fsp3) is 0.750. The summed E-state index contributed by atoms with van der Waals surface area (Å²) in [6, 6.07) is 0. The second kappa shape index (κ2) is 8.61. The van der Waals surface area contributed by atoms with Gasteiger partial charge in [-0.15, -0.1) is 0 Å². The summed E-state index contributed by atoms with van der Waals surface area (Å²) in [5, 5.41) is 0. The van der Waals surface area contributed by atoms with Gasteiger partial charge in [0.1, 0.15) is 0 Å². The zero-order valence-corrected chi connectivity index (χ0v) is 12.1. The summed E-state index contributed by atoms with van der Waals surface area (Å²) >= 11 is 0. The minimum absolute atomic E-state index is 0.683. The molecule has 0 radical (unpaired) electrons. The topological polar surface area (TPSA) is 0 Å². The van der Waals surface area contributed by atoms with Crippen LogP contribution < -0.4 is 0 Å². The molecule has 0 aliphatic heterocycles. The molecule has 0 heteroatoms. The largest absolute Gasteiger partial charge is 0.0731 e. The first kappa shape index (κ1) is 15.5. The average Bonchev–Trinajstić information content (AvgIpc) is 2.26. The van der Waals surface area contributed by atoms with Gasteiger partial charge in [0.05, 0.1) is 0 Å². The van der Waals surface area contributed by atoms with Gasteiger partial charge in [0, 0.05) is 0 Å². The zero-order chi connectivity index (χ0) is 12.6. The molecule has 94 valence electrons. The van der Waals surface area contributed by atoms with Crippen LogP contribution in [0.25, 0.3) is 0 Å². The highest BCUT2D eigenvalue weighted by Crippen LogP contribution is 2.19. The van der Waals surface area contributed by atoms with E-state index in [0.29, 0.717) is 5.92 Å². The Bertz CT molecular complexity index is 226. The molecule has 0 unspecified atom stereocenters. The first-order valence-corrected chi connectivity index (χ1v) is 6.91. The summed E-state index contributed by atoms with van der Waals surface area (Å²) in [4.78, 5) is 0. The Morgan fingerprint density at radius 1 is 1.00 bits per heavy atom. The fourth-order valence-corrected chi connectivity index (χ4v) is 2.07. The molecule has 0 atom stereocenters. The van der Waals surface area contributed by atoms with Crippen molar-refractivity contribution in [2.75, 3.05) is 0 Å². The van der Waals surface area contributed by atoms with E-state index in [1.165, 1.54) is 31.3 Å². The summed E-state index contributed by atoms with van der Waals surface area (Å²) < 4.78 is 0. The molecule has 0 amide bonds. The molecule has 0 fully saturated rings. The van der Waals surface area contributed by atoms with Crippen molar-refractivity contribution in [3.63, 3.8) is 0 Å². The van der Waals surface area contributed by atoms with Crippen molar-refractivity contribution >= 4 is 0 Å². The lowest BCUT2D eigenvalue weighted by Crippen LogP contribution is -1.97. The highest BCUT2D eigenvalue weighted by atomic mass is 14.1. The van der Waals surface area contributed by atoms with Crippen LogP contribution >= 0.6 is 0 Å². The Labute approximate surface area is 103 Å². The van der Waals surface area contributed by atoms with E-state index in [4.69, 9.17) is 0 Å². The van der Waals surface area contributed by atoms with E-state index in [9.17, 15) is 0 Å². The SMILES string of the molecule is CC/C(=C\C=C(/C)CC(CC)CC)C(C)C. The smallest absolute Gasteiger partial charge is 0.0257 e. The highest BCUT2D eigenvalue weighted by molar-refractivity contribution is 5.18. The Hall–Kier alpha value is -0.520. The van der Waals surface area contributed by atoms with Crippen LogP contribution in [0.2, 0.25) is 0 Å². The monoisotopic (exact) mass is 222 g/mol. The molecule has 0 aromatic heterocycles. The van der Waals surface area contributed by atoms with Crippen LogP contribution in [0.4, 0.5) is 0 Å². The van der Waals surface area contributed by atoms with Gasteiger partial charge in [-0.1, -0.05) is 70.8 Å². The summed E-state index contributed by atoms with van der Waals surface area (Å²) in [6.45, 7) is 13.7. The van der Waals surface area contributed by atoms with Crippen molar-refractivity contribution in [3.05, 3.63) is 23.3 Å². The van der Waals surface area contributed by atoms with Crippen molar-refractivity contribution in [1.82, 2.24) is 0 Å². The molecule has 0 N–H and O–H groups in total. The molecule has 0 nitrogen and oxygen atoms in total. The lowest BCUT2D eigenvalue weighted by Gasteiger charge is -2.12. The summed E-state index contributed by atoms with van der Waals surface area (Å²) in [5.74, 6) is 1.55. The third kappa shape index (κ3) is 6.15. The van der Waals surface area contributed by atoms with Gasteiger partial charge in [-0.05, 0) is 31.6 Å². The first-order valence-electron chi connectivity index (χ1n) is 6.91. The molecular weight excluding hydrogens is 192 g/mol. The lowest BCUT2D eigenvalue weighted by molar-refractivity contribution is 0.488. The summed E-state index contributed by atoms with van der Waals surface area (Å²) in [6.07, 6.45) is 9.71. The van der Waals surface area contributed by atoms with Crippen LogP contribution in [-0.4, -0.2) is 0 Å². The third-order valence-corrected chi connectivity index (χ3v) is 3.50. The molecule has 0 bridgehead atoms. The minimum atomic E-state index is 0.683. The van der Waals surface area contributed by atoms with Gasteiger partial charge < -0.3 is 0 Å². The van der Waals surface area contributed by atoms with Crippen molar-refractivity contribution in [2.24, 2.45) is 11.8 Å². The molecule has 0 saturated heterocycles. The fourth-order valence-electron chi connectivity index (χ4n) is 2.07. The maximum absolute atomic E-state index is 2.34. The second-order valence-corrected chi connectivity index (χ2v) is 5.15. The Kier molecular flexibility index (Phi) is 8.33. The molecule has 0 aromatic rings. The maximum Gasteiger partial charge on any atom is -0.0257 e. The lowest BCUT2D eigenvalue weighted by atomic mass is 9.94. The standard InChI is InChI=1S/C16H30/c1-7-15(8-2)12-14(6)10-11-16(9-3)13(4)5/h10-11,13,15H,7-9,12H2,1-6H3/b14-10+,16-11+. The van der Waals surface area contributed by atoms with Gasteiger partial charge in [-0.25, -0.2) is 0 Å². The van der Waals surface area contributed by atoms with Crippen molar-refractivity contribution in [1.29, 1.82) is 0 Å². The van der Waals surface area contributed by atoms with E-state index >= 15 is 0 Å². The number of allylic oxidation sites excluding steroid dienone is 4. The van der Waals surface area contributed by atoms with Gasteiger partial charge in [0.25, 0.3) is 0 Å². The summed E-state index contributed by atoms with van der Waals surface area (Å²) in [7, 11) is 0. The Morgan fingerprint density at radius 2 is 1.56 bits per heavy atom. The van der Waals surface area contributed by atoms with E-state index in [1.54, 1.807) is 5.57 Å². The van der Waals surface area contributed by atoms with Gasteiger partial charge in [-0.2, -0.15) is 0 Å². The third-order valence-electron chi connectivity index (χ3n) is 3.50. The molecule has 0 saturated carbocycles. The molecule has 0 aliphatic carbocycles. The molecular formula is C16H30. The van der Waals surface area contributed by atoms with Crippen LogP contribution in [0, 0.1) is 11.8 Å². The second-order valence-electron chi connectivity index (χ2n) is 5.15. The molecule has 0 rings (SSSR count). The van der Waals surface area contributed by atoms with Gasteiger partial charge >= 0.3 is 0 Å². The van der Waals surface area contributed by atoms with E-state index in [-0.39, 0.29) is 0 Å². The first-order chi connectivity index (χ1) is 7.54. The molecule has 16 heavy (non-hydrogen) atoms. The van der Waals surface area contributed by atoms with E-state index in [2.05, 4.69) is 53.7 Å². The van der Waals surface area contributed by atoms with E-state index in [1.807, 2.05) is 0 Å². The van der Waals surface area contributed by atoms with Crippen molar-refractivity contribution in [2.45, 2.75) is 67.2 Å². The summed E-state index contributed by atoms with van der Waals surface area (Å²) in [5.41, 5.74) is 3.09. The quantitative estimate of drug-likeness (QED) is 0.481. The number of rotatable bonds is 7. The van der Waals surface area contributed by atoms with Gasteiger partial charge in [0.15, 0.2) is 0 Å². The van der Waals surface area contributed by atoms with Crippen LogP contribution in [-0.2, 0) is 0 Å². The van der Waals surface area contributed by atoms with Gasteiger partial charge in [-0.3, -0.25) is 0 Å². The average molecular weight is 222 g/mol. The maximum atomic E-state index is 2.34. The van der Waals surface area contributed by atoms with Crippen LogP contribution in [0.1, 0.15) is 67.2 Å². The van der Waals surface area contributed by atoms with Crippen molar-refractivity contribution in [3.8, 4) is 0 Å². The van der Waals surface area contributed by atoms with Crippen LogP contribution in [0.5, 0.6) is 0 Å². The molecule has 0 aromatic carbocycles. The predicted octanol–water partition coefficient (Wildman–Crippen LogP) is 5.75. The Balaban J connectivity index is 4.41. The number of hydrogen-bond acceptors (Lipinski definition) is 0. The molecule has 0 heterocycles. The van der Waals surface area contributed by atoms with E-state index in [0.717, 1.165) is 5.92 Å². The normalized spacial score (nSPS) is 14.0. The molecule has 0 spiro atoms. The highest BCUT2D eigenvalue weighted by Gasteiger charge is 2.03. The predicted molar refractivity (Wildman–Crippen MR) is 75.7 cm³/mol. The molecule has 0 aliphatic rings. The van der Waals surface area contributed by atoms with Gasteiger partial charge in [0.2, 0.25) is 0 Å². The number of hydrogen-bond donors (Lipinski definition) is 0. The van der Waals surface area contributed by atoms with Crippen LogP contribution in [0.15, 0.2) is 23.3 Å². The van der Waals surface area contributed by atoms with Crippen LogP contribution in [0.3, 0.4) is 0 Å². The zero-order valence-electron chi connectivity index (χ0n) is 12.1. The van der Waals surface area contributed by atoms with Crippen molar-refractivity contribution < 1.29 is 0 Å². The minimum Gasteiger partial charge on any atom is -0.0731 e.